The molecule has 11 heteroatoms. The van der Waals surface area contributed by atoms with E-state index in [4.69, 9.17) is 15.2 Å². The van der Waals surface area contributed by atoms with E-state index >= 15 is 0 Å². The summed E-state index contributed by atoms with van der Waals surface area (Å²) >= 11 is 1.23. The maximum absolute atomic E-state index is 12.4. The van der Waals surface area contributed by atoms with Gasteiger partial charge in [-0.15, -0.1) is 0 Å². The van der Waals surface area contributed by atoms with Gasteiger partial charge in [0.1, 0.15) is 5.75 Å². The van der Waals surface area contributed by atoms with Crippen LogP contribution in [0, 0.1) is 10.1 Å². The van der Waals surface area contributed by atoms with Crippen molar-refractivity contribution in [1.29, 1.82) is 0 Å². The van der Waals surface area contributed by atoms with E-state index in [1.165, 1.54) is 43.6 Å². The first kappa shape index (κ1) is 20.0. The lowest BCUT2D eigenvalue weighted by Gasteiger charge is -2.15. The van der Waals surface area contributed by atoms with Crippen LogP contribution >= 0.6 is 11.3 Å². The Morgan fingerprint density at radius 3 is 2.72 bits per heavy atom. The predicted octanol–water partition coefficient (Wildman–Crippen LogP) is 2.98. The fourth-order valence-corrected chi connectivity index (χ4v) is 3.27. The molecule has 3 aromatic rings. The molecule has 0 saturated heterocycles. The Hall–Kier alpha value is -3.73. The normalized spacial score (nSPS) is 11.7. The van der Waals surface area contributed by atoms with Gasteiger partial charge >= 0.3 is 5.97 Å². The SMILES string of the molecule is COc1ccc([N+](=O)[O-])cc1NC(=O)C(C)OC(=O)c1ccc2nc(N)sc2c1. The first-order valence-electron chi connectivity index (χ1n) is 8.29. The number of carbonyl (C=O) groups excluding carboxylic acids is 2. The molecule has 0 saturated carbocycles. The van der Waals surface area contributed by atoms with Crippen molar-refractivity contribution in [2.45, 2.75) is 13.0 Å². The Labute approximate surface area is 168 Å². The number of hydrogen-bond acceptors (Lipinski definition) is 9. The van der Waals surface area contributed by atoms with Crippen molar-refractivity contribution in [2.24, 2.45) is 0 Å². The number of amides is 1. The number of thiazole rings is 1. The van der Waals surface area contributed by atoms with E-state index in [2.05, 4.69) is 10.3 Å². The number of carbonyl (C=O) groups is 2. The molecule has 0 bridgehead atoms. The highest BCUT2D eigenvalue weighted by molar-refractivity contribution is 7.22. The molecule has 1 unspecified atom stereocenters. The standard InChI is InChI=1S/C18H16N4O6S/c1-9(16(23)20-13-8-11(22(25)26)4-6-14(13)27-2)28-17(24)10-3-5-12-15(7-10)29-18(19)21-12/h3-9H,1-2H3,(H2,19,21)(H,20,23). The summed E-state index contributed by atoms with van der Waals surface area (Å²) in [5.41, 5.74) is 6.43. The van der Waals surface area contributed by atoms with Crippen LogP contribution in [-0.4, -0.2) is 35.0 Å². The van der Waals surface area contributed by atoms with Crippen molar-refractivity contribution < 1.29 is 24.0 Å². The van der Waals surface area contributed by atoms with Gasteiger partial charge < -0.3 is 20.5 Å². The average molecular weight is 416 g/mol. The van der Waals surface area contributed by atoms with Crippen molar-refractivity contribution in [3.8, 4) is 5.75 Å². The monoisotopic (exact) mass is 416 g/mol. The largest absolute Gasteiger partial charge is 0.495 e. The summed E-state index contributed by atoms with van der Waals surface area (Å²) in [5, 5.41) is 13.8. The zero-order valence-corrected chi connectivity index (χ0v) is 16.2. The number of aromatic nitrogens is 1. The molecule has 3 rings (SSSR count). The molecule has 2 aromatic carbocycles. The van der Waals surface area contributed by atoms with Gasteiger partial charge in [0.25, 0.3) is 11.6 Å². The van der Waals surface area contributed by atoms with Crippen molar-refractivity contribution in [3.63, 3.8) is 0 Å². The van der Waals surface area contributed by atoms with Crippen LogP contribution in [0.5, 0.6) is 5.75 Å². The summed E-state index contributed by atoms with van der Waals surface area (Å²) < 4.78 is 11.0. The van der Waals surface area contributed by atoms with Crippen LogP contribution in [0.25, 0.3) is 10.2 Å². The van der Waals surface area contributed by atoms with Gasteiger partial charge in [-0.3, -0.25) is 14.9 Å². The Bertz CT molecular complexity index is 1110. The van der Waals surface area contributed by atoms with Crippen LogP contribution in [0.2, 0.25) is 0 Å². The Morgan fingerprint density at radius 2 is 2.03 bits per heavy atom. The topological polar surface area (TPSA) is 147 Å². The van der Waals surface area contributed by atoms with E-state index in [0.717, 1.165) is 10.8 Å². The highest BCUT2D eigenvalue weighted by atomic mass is 32.1. The number of nitro groups is 1. The number of fused-ring (bicyclic) bond motifs is 1. The fraction of sp³-hybridized carbons (Fsp3) is 0.167. The summed E-state index contributed by atoms with van der Waals surface area (Å²) in [5.74, 6) is -1.14. The van der Waals surface area contributed by atoms with E-state index in [0.29, 0.717) is 10.6 Å². The third-order valence-electron chi connectivity index (χ3n) is 3.95. The van der Waals surface area contributed by atoms with E-state index in [-0.39, 0.29) is 22.7 Å². The minimum atomic E-state index is -1.16. The number of nitro benzene ring substituents is 1. The van der Waals surface area contributed by atoms with Gasteiger partial charge in [-0.05, 0) is 31.2 Å². The van der Waals surface area contributed by atoms with Crippen LogP contribution in [-0.2, 0) is 9.53 Å². The third kappa shape index (κ3) is 4.41. The molecule has 29 heavy (non-hydrogen) atoms. The smallest absolute Gasteiger partial charge is 0.338 e. The van der Waals surface area contributed by atoms with Crippen molar-refractivity contribution >= 4 is 49.9 Å². The van der Waals surface area contributed by atoms with Crippen LogP contribution in [0.15, 0.2) is 36.4 Å². The number of nitrogens with one attached hydrogen (secondary N) is 1. The minimum Gasteiger partial charge on any atom is -0.495 e. The van der Waals surface area contributed by atoms with Crippen molar-refractivity contribution in [1.82, 2.24) is 4.98 Å². The number of methoxy groups -OCH3 is 1. The Balaban J connectivity index is 1.72. The molecule has 0 fully saturated rings. The molecule has 0 aliphatic rings. The van der Waals surface area contributed by atoms with E-state index in [9.17, 15) is 19.7 Å². The van der Waals surface area contributed by atoms with Gasteiger partial charge in [0.05, 0.1) is 33.5 Å². The molecule has 0 aliphatic carbocycles. The highest BCUT2D eigenvalue weighted by Crippen LogP contribution is 2.29. The second kappa shape index (κ2) is 8.10. The highest BCUT2D eigenvalue weighted by Gasteiger charge is 2.22. The first-order chi connectivity index (χ1) is 13.8. The first-order valence-corrected chi connectivity index (χ1v) is 9.10. The number of ether oxygens (including phenoxy) is 2. The number of benzene rings is 2. The van der Waals surface area contributed by atoms with E-state index in [1.807, 2.05) is 0 Å². The van der Waals surface area contributed by atoms with Gasteiger partial charge in [-0.2, -0.15) is 0 Å². The quantitative estimate of drug-likeness (QED) is 0.354. The van der Waals surface area contributed by atoms with Crippen LogP contribution in [0.4, 0.5) is 16.5 Å². The van der Waals surface area contributed by atoms with E-state index < -0.39 is 22.9 Å². The second-order valence-corrected chi connectivity index (χ2v) is 6.98. The van der Waals surface area contributed by atoms with Crippen molar-refractivity contribution in [2.75, 3.05) is 18.2 Å². The molecule has 1 aromatic heterocycles. The predicted molar refractivity (Wildman–Crippen MR) is 107 cm³/mol. The molecule has 1 heterocycles. The van der Waals surface area contributed by atoms with Crippen molar-refractivity contribution in [3.05, 3.63) is 52.1 Å². The maximum atomic E-state index is 12.4. The number of esters is 1. The van der Waals surface area contributed by atoms with Gasteiger partial charge in [-0.25, -0.2) is 9.78 Å². The second-order valence-electron chi connectivity index (χ2n) is 5.91. The lowest BCUT2D eigenvalue weighted by atomic mass is 10.2. The number of anilines is 2. The number of nitrogens with zero attached hydrogens (tertiary/aromatic N) is 2. The summed E-state index contributed by atoms with van der Waals surface area (Å²) in [6, 6.07) is 8.52. The van der Waals surface area contributed by atoms with Crippen LogP contribution < -0.4 is 15.8 Å². The number of nitrogens with two attached hydrogens (primary N) is 1. The number of non-ortho nitro benzene ring substituents is 1. The zero-order valence-electron chi connectivity index (χ0n) is 15.4. The number of nitrogen functional groups attached to an aromatic ring is 1. The lowest BCUT2D eigenvalue weighted by molar-refractivity contribution is -0.384. The molecule has 3 N–H and O–H groups in total. The molecular formula is C18H16N4O6S. The van der Waals surface area contributed by atoms with E-state index in [1.54, 1.807) is 12.1 Å². The molecule has 0 radical (unpaired) electrons. The molecule has 0 aliphatic heterocycles. The van der Waals surface area contributed by atoms with Gasteiger partial charge in [0, 0.05) is 12.1 Å². The van der Waals surface area contributed by atoms with Gasteiger partial charge in [0.2, 0.25) is 0 Å². The van der Waals surface area contributed by atoms with Gasteiger partial charge in [-0.1, -0.05) is 11.3 Å². The molecule has 1 atom stereocenters. The zero-order chi connectivity index (χ0) is 21.1. The van der Waals surface area contributed by atoms with Crippen LogP contribution in [0.1, 0.15) is 17.3 Å². The number of hydrogen-bond donors (Lipinski definition) is 2. The Kier molecular flexibility index (Phi) is 5.59. The Morgan fingerprint density at radius 1 is 1.28 bits per heavy atom. The fourth-order valence-electron chi connectivity index (χ4n) is 2.49. The minimum absolute atomic E-state index is 0.0937. The average Bonchev–Trinajstić information content (AvgIpc) is 3.06. The maximum Gasteiger partial charge on any atom is 0.338 e. The summed E-state index contributed by atoms with van der Waals surface area (Å²) in [4.78, 5) is 39.2. The summed E-state index contributed by atoms with van der Waals surface area (Å²) in [6.07, 6.45) is -1.16. The molecule has 10 nitrogen and oxygen atoms in total. The molecule has 0 spiro atoms. The van der Waals surface area contributed by atoms with Crippen LogP contribution in [0.3, 0.4) is 0 Å². The molecule has 1 amide bonds. The third-order valence-corrected chi connectivity index (χ3v) is 4.79. The molecule has 150 valence electrons. The van der Waals surface area contributed by atoms with Gasteiger partial charge in [0.15, 0.2) is 11.2 Å². The summed E-state index contributed by atoms with van der Waals surface area (Å²) in [7, 11) is 1.36. The summed E-state index contributed by atoms with van der Waals surface area (Å²) in [6.45, 7) is 1.39. The number of rotatable bonds is 6. The molecular weight excluding hydrogens is 400 g/mol. The lowest BCUT2D eigenvalue weighted by Crippen LogP contribution is -2.30.